The molecule has 3 aromatic rings. The van der Waals surface area contributed by atoms with Gasteiger partial charge in [-0.2, -0.15) is 13.2 Å². The lowest BCUT2D eigenvalue weighted by Crippen LogP contribution is -2.43. The van der Waals surface area contributed by atoms with Crippen molar-refractivity contribution >= 4 is 50.3 Å². The Morgan fingerprint density at radius 1 is 1.20 bits per heavy atom. The van der Waals surface area contributed by atoms with Crippen LogP contribution in [0.1, 0.15) is 39.2 Å². The number of hydrogen-bond donors (Lipinski definition) is 3. The maximum atomic E-state index is 12.6. The van der Waals surface area contributed by atoms with Gasteiger partial charge in [0, 0.05) is 43.2 Å². The third-order valence-corrected chi connectivity index (χ3v) is 7.52. The van der Waals surface area contributed by atoms with Crippen LogP contribution >= 0.6 is 11.3 Å². The Bertz CT molecular complexity index is 1420. The number of aromatic nitrogens is 3. The van der Waals surface area contributed by atoms with E-state index in [4.69, 9.17) is 0 Å². The van der Waals surface area contributed by atoms with Gasteiger partial charge < -0.3 is 20.2 Å². The van der Waals surface area contributed by atoms with Crippen molar-refractivity contribution in [2.45, 2.75) is 39.8 Å². The summed E-state index contributed by atoms with van der Waals surface area (Å²) in [4.78, 5) is 43.4. The van der Waals surface area contributed by atoms with Gasteiger partial charge in [0.15, 0.2) is 5.13 Å². The molecule has 3 heterocycles. The highest BCUT2D eigenvalue weighted by Crippen LogP contribution is 2.35. The molecule has 1 aliphatic rings. The van der Waals surface area contributed by atoms with Gasteiger partial charge >= 0.3 is 18.2 Å². The van der Waals surface area contributed by atoms with Gasteiger partial charge in [-0.15, -0.1) is 0 Å². The Balaban J connectivity index is 1.64. The van der Waals surface area contributed by atoms with Crippen molar-refractivity contribution in [3.8, 4) is 11.1 Å². The lowest BCUT2D eigenvalue weighted by molar-refractivity contribution is -0.173. The zero-order valence-electron chi connectivity index (χ0n) is 22.0. The van der Waals surface area contributed by atoms with Crippen molar-refractivity contribution in [1.29, 1.82) is 0 Å². The summed E-state index contributed by atoms with van der Waals surface area (Å²) in [5.41, 5.74) is 1.63. The highest BCUT2D eigenvalue weighted by atomic mass is 32.1. The number of anilines is 2. The Morgan fingerprint density at radius 3 is 2.48 bits per heavy atom. The molecule has 11 nitrogen and oxygen atoms in total. The Hall–Kier alpha value is -4.01. The van der Waals surface area contributed by atoms with Crippen molar-refractivity contribution in [2.24, 2.45) is 10.6 Å². The number of hydrogen-bond acceptors (Lipinski definition) is 9. The second-order valence-corrected chi connectivity index (χ2v) is 10.6. The van der Waals surface area contributed by atoms with Gasteiger partial charge in [-0.1, -0.05) is 16.5 Å². The standard InChI is InChI=1S/C25H28F3N7O4S/c1-4-29-22(38)33-23-32-18-10-15(9-17(19(18)40-23)14(2)34-39-13-25(26,27)28)16-11-30-21(31-12-16)35-7-5-24(3,6-8-35)20(36)37/h9-12H,4-8,13H2,1-3H3,(H,36,37)(H2,29,32,33,38). The number of fused-ring (bicyclic) bond motifs is 1. The molecule has 1 fully saturated rings. The average Bonchev–Trinajstić information content (AvgIpc) is 3.30. The number of piperidine rings is 1. The smallest absolute Gasteiger partial charge is 0.425 e. The third-order valence-electron chi connectivity index (χ3n) is 6.51. The van der Waals surface area contributed by atoms with E-state index in [1.807, 2.05) is 4.90 Å². The number of benzene rings is 1. The summed E-state index contributed by atoms with van der Waals surface area (Å²) in [6.07, 6.45) is -0.358. The van der Waals surface area contributed by atoms with E-state index in [0.29, 0.717) is 70.5 Å². The molecule has 0 saturated carbocycles. The first-order chi connectivity index (χ1) is 18.9. The van der Waals surface area contributed by atoms with Gasteiger partial charge in [0.1, 0.15) is 0 Å². The number of carboxylic acid groups (broad SMARTS) is 1. The highest BCUT2D eigenvalue weighted by Gasteiger charge is 2.37. The van der Waals surface area contributed by atoms with Crippen LogP contribution in [-0.4, -0.2) is 70.2 Å². The zero-order chi connectivity index (χ0) is 29.1. The number of urea groups is 1. The molecule has 1 saturated heterocycles. The van der Waals surface area contributed by atoms with Crippen LogP contribution in [0.3, 0.4) is 0 Å². The number of aliphatic carboxylic acids is 1. The molecular formula is C25H28F3N7O4S. The van der Waals surface area contributed by atoms with Gasteiger partial charge in [0.25, 0.3) is 0 Å². The van der Waals surface area contributed by atoms with Crippen LogP contribution in [0.5, 0.6) is 0 Å². The zero-order valence-corrected chi connectivity index (χ0v) is 22.8. The normalized spacial score (nSPS) is 15.7. The molecule has 0 spiro atoms. The maximum Gasteiger partial charge on any atom is 0.425 e. The number of oxime groups is 1. The number of rotatable bonds is 8. The number of amides is 2. The third kappa shape index (κ3) is 6.76. The van der Waals surface area contributed by atoms with Gasteiger partial charge in [0.2, 0.25) is 12.6 Å². The van der Waals surface area contributed by atoms with Crippen molar-refractivity contribution in [2.75, 3.05) is 36.5 Å². The minimum atomic E-state index is -4.53. The van der Waals surface area contributed by atoms with Gasteiger partial charge in [-0.3, -0.25) is 10.1 Å². The van der Waals surface area contributed by atoms with E-state index < -0.39 is 30.2 Å². The minimum Gasteiger partial charge on any atom is -0.481 e. The van der Waals surface area contributed by atoms with Crippen molar-refractivity contribution in [3.05, 3.63) is 30.1 Å². The predicted octanol–water partition coefficient (Wildman–Crippen LogP) is 4.89. The van der Waals surface area contributed by atoms with Crippen molar-refractivity contribution in [1.82, 2.24) is 20.3 Å². The Kier molecular flexibility index (Phi) is 8.42. The van der Waals surface area contributed by atoms with Gasteiger partial charge in [-0.25, -0.2) is 19.7 Å². The van der Waals surface area contributed by atoms with Crippen LogP contribution in [-0.2, 0) is 9.63 Å². The molecule has 0 bridgehead atoms. The number of carbonyl (C=O) groups is 2. The number of carboxylic acids is 1. The average molecular weight is 580 g/mol. The van der Waals surface area contributed by atoms with E-state index >= 15 is 0 Å². The lowest BCUT2D eigenvalue weighted by Gasteiger charge is -2.36. The Labute approximate surface area is 231 Å². The molecule has 0 unspecified atom stereocenters. The predicted molar refractivity (Wildman–Crippen MR) is 145 cm³/mol. The summed E-state index contributed by atoms with van der Waals surface area (Å²) in [6.45, 7) is 4.93. The molecule has 0 aliphatic carbocycles. The molecular weight excluding hydrogens is 551 g/mol. The largest absolute Gasteiger partial charge is 0.481 e. The summed E-state index contributed by atoms with van der Waals surface area (Å²) in [5.74, 6) is -0.346. The van der Waals surface area contributed by atoms with E-state index in [2.05, 4.69) is 35.6 Å². The number of nitrogens with zero attached hydrogens (tertiary/aromatic N) is 5. The van der Waals surface area contributed by atoms with Crippen molar-refractivity contribution in [3.63, 3.8) is 0 Å². The van der Waals surface area contributed by atoms with Crippen LogP contribution in [0.15, 0.2) is 29.7 Å². The van der Waals surface area contributed by atoms with E-state index in [1.54, 1.807) is 38.4 Å². The van der Waals surface area contributed by atoms with E-state index in [0.717, 1.165) is 11.3 Å². The summed E-state index contributed by atoms with van der Waals surface area (Å²) in [6, 6.07) is 3.05. The quantitative estimate of drug-likeness (QED) is 0.253. The van der Waals surface area contributed by atoms with Crippen molar-refractivity contribution < 1.29 is 32.7 Å². The van der Waals surface area contributed by atoms with E-state index in [9.17, 15) is 27.9 Å². The maximum absolute atomic E-state index is 12.6. The summed E-state index contributed by atoms with van der Waals surface area (Å²) in [7, 11) is 0. The molecule has 2 aromatic heterocycles. The SMILES string of the molecule is CCNC(=O)Nc1nc2cc(-c3cnc(N4CCC(C)(C(=O)O)CC4)nc3)cc(C(C)=NOCC(F)(F)F)c2s1. The molecule has 15 heteroatoms. The molecule has 3 N–H and O–H groups in total. The fourth-order valence-corrected chi connectivity index (χ4v) is 5.13. The minimum absolute atomic E-state index is 0.191. The molecule has 2 amide bonds. The van der Waals surface area contributed by atoms with Gasteiger partial charge in [0.05, 0.1) is 21.3 Å². The van der Waals surface area contributed by atoms with E-state index in [1.165, 1.54) is 6.92 Å². The number of alkyl halides is 3. The number of thiazole rings is 1. The number of nitrogens with one attached hydrogen (secondary N) is 2. The lowest BCUT2D eigenvalue weighted by atomic mass is 9.80. The summed E-state index contributed by atoms with van der Waals surface area (Å²) >= 11 is 1.15. The monoisotopic (exact) mass is 579 g/mol. The molecule has 0 radical (unpaired) electrons. The van der Waals surface area contributed by atoms with Gasteiger partial charge in [-0.05, 0) is 51.3 Å². The van der Waals surface area contributed by atoms with Crippen LogP contribution in [0, 0.1) is 5.41 Å². The first-order valence-electron chi connectivity index (χ1n) is 12.4. The molecule has 1 aliphatic heterocycles. The molecule has 40 heavy (non-hydrogen) atoms. The highest BCUT2D eigenvalue weighted by molar-refractivity contribution is 7.22. The number of carbonyl (C=O) groups excluding carboxylic acids is 1. The number of halogens is 3. The second kappa shape index (κ2) is 11.6. The summed E-state index contributed by atoms with van der Waals surface area (Å²) in [5, 5.41) is 18.7. The summed E-state index contributed by atoms with van der Waals surface area (Å²) < 4.78 is 38.3. The molecule has 0 atom stereocenters. The fraction of sp³-hybridized carbons (Fsp3) is 0.440. The molecule has 4 rings (SSSR count). The topological polar surface area (TPSA) is 142 Å². The fourth-order valence-electron chi connectivity index (χ4n) is 4.12. The van der Waals surface area contributed by atoms with E-state index in [-0.39, 0.29) is 5.71 Å². The molecule has 1 aromatic carbocycles. The Morgan fingerprint density at radius 2 is 1.88 bits per heavy atom. The van der Waals surface area contributed by atoms with Crippen LogP contribution in [0.2, 0.25) is 0 Å². The van der Waals surface area contributed by atoms with Crippen LogP contribution < -0.4 is 15.5 Å². The second-order valence-electron chi connectivity index (χ2n) is 9.57. The first kappa shape index (κ1) is 29.0. The van der Waals surface area contributed by atoms with Crippen LogP contribution in [0.4, 0.5) is 29.0 Å². The molecule has 214 valence electrons. The first-order valence-corrected chi connectivity index (χ1v) is 13.2. The van der Waals surface area contributed by atoms with Crippen LogP contribution in [0.25, 0.3) is 21.3 Å².